The van der Waals surface area contributed by atoms with Gasteiger partial charge in [-0.25, -0.2) is 4.98 Å². The van der Waals surface area contributed by atoms with Gasteiger partial charge in [0.05, 0.1) is 17.2 Å². The molecular formula is C18H22N2O5S. The van der Waals surface area contributed by atoms with E-state index in [1.165, 1.54) is 17.4 Å². The Bertz CT molecular complexity index is 852. The number of carbonyl (C=O) groups is 1. The van der Waals surface area contributed by atoms with E-state index in [0.717, 1.165) is 10.7 Å². The summed E-state index contributed by atoms with van der Waals surface area (Å²) in [5.74, 6) is -0.000916. The van der Waals surface area contributed by atoms with Crippen LogP contribution in [0.1, 0.15) is 41.5 Å². The molecule has 0 atom stereocenters. The van der Waals surface area contributed by atoms with E-state index in [1.807, 2.05) is 12.3 Å². The second kappa shape index (κ2) is 7.59. The maximum Gasteiger partial charge on any atom is 0.227 e. The Kier molecular flexibility index (Phi) is 5.43. The Hall–Kier alpha value is -2.19. The summed E-state index contributed by atoms with van der Waals surface area (Å²) in [4.78, 5) is 28.9. The van der Waals surface area contributed by atoms with Crippen LogP contribution in [0.3, 0.4) is 0 Å². The van der Waals surface area contributed by atoms with Gasteiger partial charge in [-0.3, -0.25) is 9.59 Å². The highest BCUT2D eigenvalue weighted by Gasteiger charge is 2.41. The Labute approximate surface area is 155 Å². The molecule has 8 heteroatoms. The zero-order chi connectivity index (χ0) is 18.7. The van der Waals surface area contributed by atoms with E-state index in [0.29, 0.717) is 38.4 Å². The normalized spacial score (nSPS) is 16.4. The summed E-state index contributed by atoms with van der Waals surface area (Å²) < 4.78 is 11.1. The molecule has 3 rings (SSSR count). The zero-order valence-corrected chi connectivity index (χ0v) is 15.6. The minimum Gasteiger partial charge on any atom is -0.502 e. The van der Waals surface area contributed by atoms with Gasteiger partial charge in [0.15, 0.2) is 5.76 Å². The van der Waals surface area contributed by atoms with Crippen LogP contribution in [0, 0.1) is 13.8 Å². The van der Waals surface area contributed by atoms with Crippen molar-refractivity contribution in [2.24, 2.45) is 0 Å². The number of carbonyl (C=O) groups excluding carboxylic acids is 1. The van der Waals surface area contributed by atoms with Crippen molar-refractivity contribution in [3.8, 4) is 5.75 Å². The second-order valence-electron chi connectivity index (χ2n) is 6.60. The third-order valence-electron chi connectivity index (χ3n) is 4.61. The Morgan fingerprint density at radius 1 is 1.38 bits per heavy atom. The van der Waals surface area contributed by atoms with Crippen molar-refractivity contribution < 1.29 is 19.1 Å². The summed E-state index contributed by atoms with van der Waals surface area (Å²) >= 11 is 1.53. The number of nitrogens with zero attached hydrogens (tertiary/aromatic N) is 1. The van der Waals surface area contributed by atoms with Crippen LogP contribution >= 0.6 is 11.3 Å². The molecule has 0 aliphatic carbocycles. The fraction of sp³-hybridized carbons (Fsp3) is 0.500. The van der Waals surface area contributed by atoms with Crippen LogP contribution in [0.2, 0.25) is 0 Å². The number of aromatic hydroxyl groups is 1. The number of hydrogen-bond donors (Lipinski definition) is 2. The molecule has 0 bridgehead atoms. The van der Waals surface area contributed by atoms with Crippen molar-refractivity contribution in [2.45, 2.75) is 45.1 Å². The number of ether oxygens (including phenoxy) is 1. The summed E-state index contributed by atoms with van der Waals surface area (Å²) in [6, 6.07) is 1.25. The third kappa shape index (κ3) is 3.96. The minimum atomic E-state index is -0.754. The fourth-order valence-corrected chi connectivity index (χ4v) is 3.87. The van der Waals surface area contributed by atoms with Crippen molar-refractivity contribution in [1.29, 1.82) is 0 Å². The summed E-state index contributed by atoms with van der Waals surface area (Å²) in [6.07, 6.45) is 1.10. The molecule has 2 N–H and O–H groups in total. The smallest absolute Gasteiger partial charge is 0.227 e. The molecule has 2 aromatic heterocycles. The Morgan fingerprint density at radius 2 is 2.12 bits per heavy atom. The van der Waals surface area contributed by atoms with Gasteiger partial charge in [-0.15, -0.1) is 11.3 Å². The van der Waals surface area contributed by atoms with Crippen molar-refractivity contribution in [1.82, 2.24) is 10.3 Å². The van der Waals surface area contributed by atoms with Gasteiger partial charge in [0, 0.05) is 36.5 Å². The quantitative estimate of drug-likeness (QED) is 0.827. The molecule has 2 aromatic rings. The van der Waals surface area contributed by atoms with Gasteiger partial charge < -0.3 is 19.6 Å². The molecule has 1 fully saturated rings. The number of rotatable bonds is 5. The van der Waals surface area contributed by atoms with E-state index in [4.69, 9.17) is 9.15 Å². The largest absolute Gasteiger partial charge is 0.502 e. The minimum absolute atomic E-state index is 0.111. The van der Waals surface area contributed by atoms with Gasteiger partial charge in [-0.1, -0.05) is 0 Å². The van der Waals surface area contributed by atoms with Crippen molar-refractivity contribution in [2.75, 3.05) is 13.2 Å². The van der Waals surface area contributed by atoms with E-state index >= 15 is 0 Å². The van der Waals surface area contributed by atoms with Crippen LogP contribution in [-0.4, -0.2) is 29.2 Å². The lowest BCUT2D eigenvalue weighted by molar-refractivity contribution is -0.123. The van der Waals surface area contributed by atoms with E-state index in [-0.39, 0.29) is 18.1 Å². The maximum absolute atomic E-state index is 12.6. The average molecular weight is 378 g/mol. The average Bonchev–Trinajstić information content (AvgIpc) is 3.02. The number of nitrogens with one attached hydrogen (secondary N) is 1. The van der Waals surface area contributed by atoms with Crippen LogP contribution in [0.4, 0.5) is 0 Å². The zero-order valence-electron chi connectivity index (χ0n) is 14.8. The molecule has 1 aliphatic rings. The first-order chi connectivity index (χ1) is 12.4. The lowest BCUT2D eigenvalue weighted by atomic mass is 9.74. The highest BCUT2D eigenvalue weighted by Crippen LogP contribution is 2.41. The number of thiazole rings is 1. The van der Waals surface area contributed by atoms with E-state index < -0.39 is 16.6 Å². The fourth-order valence-electron chi connectivity index (χ4n) is 3.26. The van der Waals surface area contributed by atoms with Crippen LogP contribution in [0.5, 0.6) is 5.75 Å². The van der Waals surface area contributed by atoms with Gasteiger partial charge in [0.25, 0.3) is 0 Å². The molecular weight excluding hydrogens is 356 g/mol. The topological polar surface area (TPSA) is 102 Å². The van der Waals surface area contributed by atoms with E-state index in [1.54, 1.807) is 6.92 Å². The molecule has 0 saturated carbocycles. The van der Waals surface area contributed by atoms with Gasteiger partial charge in [0.2, 0.25) is 17.1 Å². The van der Waals surface area contributed by atoms with Crippen molar-refractivity contribution in [3.05, 3.63) is 43.9 Å². The SMILES string of the molecule is Cc1cc(=O)c(O)c(C2(CC(=O)NCc3csc(C)n3)CCOCC2)o1. The molecule has 1 amide bonds. The molecule has 0 unspecified atom stereocenters. The molecule has 7 nitrogen and oxygen atoms in total. The first kappa shape index (κ1) is 18.6. The first-order valence-electron chi connectivity index (χ1n) is 8.49. The molecule has 1 saturated heterocycles. The molecule has 140 valence electrons. The highest BCUT2D eigenvalue weighted by atomic mass is 32.1. The van der Waals surface area contributed by atoms with Crippen LogP contribution < -0.4 is 10.7 Å². The number of aromatic nitrogens is 1. The highest BCUT2D eigenvalue weighted by molar-refractivity contribution is 7.09. The van der Waals surface area contributed by atoms with Gasteiger partial charge in [-0.05, 0) is 26.7 Å². The molecule has 0 spiro atoms. The number of aryl methyl sites for hydroxylation is 2. The lowest BCUT2D eigenvalue weighted by Crippen LogP contribution is -2.40. The second-order valence-corrected chi connectivity index (χ2v) is 7.67. The summed E-state index contributed by atoms with van der Waals surface area (Å²) in [5, 5.41) is 16.0. The predicted molar refractivity (Wildman–Crippen MR) is 96.4 cm³/mol. The Balaban J connectivity index is 1.81. The first-order valence-corrected chi connectivity index (χ1v) is 9.37. The standard InChI is InChI=1S/C18H22N2O5S/c1-11-7-14(21)16(23)17(25-11)18(3-5-24-6-4-18)8-15(22)19-9-13-10-26-12(2)20-13/h7,10,23H,3-6,8-9H2,1-2H3,(H,19,22). The monoisotopic (exact) mass is 378 g/mol. The summed E-state index contributed by atoms with van der Waals surface area (Å²) in [5.41, 5.74) is -0.435. The van der Waals surface area contributed by atoms with Crippen molar-refractivity contribution >= 4 is 17.2 Å². The predicted octanol–water partition coefficient (Wildman–Crippen LogP) is 2.17. The lowest BCUT2D eigenvalue weighted by Gasteiger charge is -2.35. The van der Waals surface area contributed by atoms with Crippen LogP contribution in [-0.2, 0) is 21.5 Å². The molecule has 0 aromatic carbocycles. The molecule has 0 radical (unpaired) electrons. The molecule has 3 heterocycles. The molecule has 1 aliphatic heterocycles. The number of hydrogen-bond acceptors (Lipinski definition) is 7. The molecule has 26 heavy (non-hydrogen) atoms. The van der Waals surface area contributed by atoms with Crippen LogP contribution in [0.15, 0.2) is 20.7 Å². The van der Waals surface area contributed by atoms with Crippen molar-refractivity contribution in [3.63, 3.8) is 0 Å². The van der Waals surface area contributed by atoms with Gasteiger partial charge in [-0.2, -0.15) is 0 Å². The van der Waals surface area contributed by atoms with Gasteiger partial charge in [0.1, 0.15) is 5.76 Å². The summed E-state index contributed by atoms with van der Waals surface area (Å²) in [7, 11) is 0. The summed E-state index contributed by atoms with van der Waals surface area (Å²) in [6.45, 7) is 4.79. The van der Waals surface area contributed by atoms with Gasteiger partial charge >= 0.3 is 0 Å². The maximum atomic E-state index is 12.6. The third-order valence-corrected chi connectivity index (χ3v) is 5.43. The van der Waals surface area contributed by atoms with E-state index in [2.05, 4.69) is 10.3 Å². The number of amides is 1. The Morgan fingerprint density at radius 3 is 2.77 bits per heavy atom. The van der Waals surface area contributed by atoms with Crippen LogP contribution in [0.25, 0.3) is 0 Å². The van der Waals surface area contributed by atoms with E-state index in [9.17, 15) is 14.7 Å².